The molecule has 0 saturated carbocycles. The van der Waals surface area contributed by atoms with Crippen LogP contribution < -0.4 is 5.32 Å². The lowest BCUT2D eigenvalue weighted by Gasteiger charge is -2.22. The smallest absolute Gasteiger partial charge is 0.305 e. The van der Waals surface area contributed by atoms with Crippen molar-refractivity contribution in [3.8, 4) is 0 Å². The lowest BCUT2D eigenvalue weighted by Crippen LogP contribution is -2.45. The number of hydrogen-bond donors (Lipinski definition) is 3. The van der Waals surface area contributed by atoms with E-state index in [9.17, 15) is 19.8 Å². The van der Waals surface area contributed by atoms with Crippen molar-refractivity contribution in [2.75, 3.05) is 13.2 Å². The van der Waals surface area contributed by atoms with Crippen molar-refractivity contribution in [1.29, 1.82) is 0 Å². The minimum atomic E-state index is -0.664. The number of rotatable bonds is 69. The average molecular weight is 1110 g/mol. The fraction of sp³-hybridized carbons (Fsp3) is 0.945. The molecule has 0 heterocycles. The zero-order valence-corrected chi connectivity index (χ0v) is 53.9. The molecule has 2 unspecified atom stereocenters. The summed E-state index contributed by atoms with van der Waals surface area (Å²) >= 11 is 0. The first-order valence-corrected chi connectivity index (χ1v) is 36.4. The Hall–Kier alpha value is -1.40. The van der Waals surface area contributed by atoms with Crippen LogP contribution in [0.25, 0.3) is 0 Å². The number of esters is 1. The highest BCUT2D eigenvalue weighted by molar-refractivity contribution is 5.76. The fourth-order valence-corrected chi connectivity index (χ4v) is 11.8. The Morgan fingerprint density at radius 1 is 0.342 bits per heavy atom. The number of unbranched alkanes of at least 4 members (excludes halogenated alkanes) is 56. The third kappa shape index (κ3) is 65.6. The Balaban J connectivity index is 3.37. The molecule has 0 rings (SSSR count). The number of amides is 1. The molecule has 1 amide bonds. The highest BCUT2D eigenvalue weighted by Gasteiger charge is 2.20. The van der Waals surface area contributed by atoms with Crippen LogP contribution in [0.2, 0.25) is 0 Å². The topological polar surface area (TPSA) is 95.9 Å². The molecule has 0 aliphatic carbocycles. The summed E-state index contributed by atoms with van der Waals surface area (Å²) in [7, 11) is 0. The largest absolute Gasteiger partial charge is 0.466 e. The number of nitrogens with one attached hydrogen (secondary N) is 1. The number of allylic oxidation sites excluding steroid dienone is 2. The second-order valence-electron chi connectivity index (χ2n) is 25.3. The number of aliphatic hydroxyl groups excluding tert-OH is 2. The Morgan fingerprint density at radius 2 is 0.595 bits per heavy atom. The number of carbonyl (C=O) groups excluding carboxylic acids is 2. The lowest BCUT2D eigenvalue weighted by molar-refractivity contribution is -0.143. The molecule has 0 spiro atoms. The van der Waals surface area contributed by atoms with Crippen molar-refractivity contribution >= 4 is 11.9 Å². The van der Waals surface area contributed by atoms with E-state index in [0.717, 1.165) is 38.5 Å². The van der Waals surface area contributed by atoms with Crippen molar-refractivity contribution in [2.45, 2.75) is 431 Å². The Labute approximate surface area is 495 Å². The van der Waals surface area contributed by atoms with Crippen LogP contribution in [0.4, 0.5) is 0 Å². The van der Waals surface area contributed by atoms with Crippen molar-refractivity contribution in [3.05, 3.63) is 12.2 Å². The van der Waals surface area contributed by atoms with E-state index < -0.39 is 12.1 Å². The molecule has 2 atom stereocenters. The van der Waals surface area contributed by atoms with E-state index in [0.29, 0.717) is 25.9 Å². The molecular formula is C73H143NO5. The van der Waals surface area contributed by atoms with Crippen LogP contribution in [-0.4, -0.2) is 47.4 Å². The molecule has 470 valence electrons. The number of hydrogen-bond acceptors (Lipinski definition) is 5. The zero-order chi connectivity index (χ0) is 57.1. The highest BCUT2D eigenvalue weighted by Crippen LogP contribution is 2.19. The highest BCUT2D eigenvalue weighted by atomic mass is 16.5. The van der Waals surface area contributed by atoms with Crippen LogP contribution in [0.3, 0.4) is 0 Å². The minimum absolute atomic E-state index is 0.0172. The molecule has 0 aliphatic rings. The van der Waals surface area contributed by atoms with Gasteiger partial charge in [-0.15, -0.1) is 0 Å². The Morgan fingerprint density at radius 3 is 0.899 bits per heavy atom. The SMILES string of the molecule is CCCCCCCCCCCCCCCCCCCCCCCCC(O)C(CO)NC(=O)CCCCCCCCCCCCCCC/C=C\CCCCCCCCCCCCCCOC(=O)CCCCCCCCCCCCC. The van der Waals surface area contributed by atoms with Gasteiger partial charge in [0.1, 0.15) is 0 Å². The molecule has 3 N–H and O–H groups in total. The summed E-state index contributed by atoms with van der Waals surface area (Å²) in [6.07, 6.45) is 85.6. The molecule has 6 heteroatoms. The van der Waals surface area contributed by atoms with Crippen molar-refractivity contribution < 1.29 is 24.5 Å². The van der Waals surface area contributed by atoms with Crippen molar-refractivity contribution in [2.24, 2.45) is 0 Å². The normalized spacial score (nSPS) is 12.5. The molecule has 0 aliphatic heterocycles. The second-order valence-corrected chi connectivity index (χ2v) is 25.3. The quantitative estimate of drug-likeness (QED) is 0.0320. The summed E-state index contributed by atoms with van der Waals surface area (Å²) in [4.78, 5) is 24.6. The average Bonchev–Trinajstić information content (AvgIpc) is 3.45. The van der Waals surface area contributed by atoms with E-state index in [-0.39, 0.29) is 18.5 Å². The van der Waals surface area contributed by atoms with Gasteiger partial charge in [0.05, 0.1) is 25.4 Å². The van der Waals surface area contributed by atoms with Gasteiger partial charge < -0.3 is 20.3 Å². The van der Waals surface area contributed by atoms with E-state index in [1.165, 1.54) is 347 Å². The van der Waals surface area contributed by atoms with Crippen LogP contribution in [0.1, 0.15) is 418 Å². The van der Waals surface area contributed by atoms with E-state index in [4.69, 9.17) is 4.74 Å². The van der Waals surface area contributed by atoms with Crippen LogP contribution in [-0.2, 0) is 14.3 Å². The second kappa shape index (κ2) is 69.1. The fourth-order valence-electron chi connectivity index (χ4n) is 11.8. The molecule has 0 fully saturated rings. The predicted octanol–water partition coefficient (Wildman–Crippen LogP) is 23.5. The minimum Gasteiger partial charge on any atom is -0.466 e. The number of ether oxygens (including phenoxy) is 1. The van der Waals surface area contributed by atoms with Gasteiger partial charge in [0.15, 0.2) is 0 Å². The zero-order valence-electron chi connectivity index (χ0n) is 53.9. The molecule has 0 radical (unpaired) electrons. The van der Waals surface area contributed by atoms with E-state index >= 15 is 0 Å². The third-order valence-corrected chi connectivity index (χ3v) is 17.3. The van der Waals surface area contributed by atoms with Gasteiger partial charge in [-0.25, -0.2) is 0 Å². The summed E-state index contributed by atoms with van der Waals surface area (Å²) in [6, 6.07) is -0.541. The predicted molar refractivity (Wildman–Crippen MR) is 347 cm³/mol. The summed E-state index contributed by atoms with van der Waals surface area (Å²) in [5.74, 6) is -0.0116. The third-order valence-electron chi connectivity index (χ3n) is 17.3. The first-order chi connectivity index (χ1) is 39.0. The van der Waals surface area contributed by atoms with Gasteiger partial charge >= 0.3 is 5.97 Å². The van der Waals surface area contributed by atoms with Crippen LogP contribution in [0.5, 0.6) is 0 Å². The maximum Gasteiger partial charge on any atom is 0.305 e. The van der Waals surface area contributed by atoms with Gasteiger partial charge in [0, 0.05) is 12.8 Å². The Bertz CT molecular complexity index is 1190. The van der Waals surface area contributed by atoms with Crippen LogP contribution in [0.15, 0.2) is 12.2 Å². The molecule has 0 saturated heterocycles. The molecular weight excluding hydrogens is 971 g/mol. The summed E-state index contributed by atoms with van der Waals surface area (Å²) in [5, 5.41) is 23.4. The molecule has 0 aromatic rings. The summed E-state index contributed by atoms with van der Waals surface area (Å²) < 4.78 is 5.48. The van der Waals surface area contributed by atoms with Gasteiger partial charge in [-0.3, -0.25) is 9.59 Å². The maximum atomic E-state index is 12.6. The molecule has 79 heavy (non-hydrogen) atoms. The van der Waals surface area contributed by atoms with Crippen molar-refractivity contribution in [3.63, 3.8) is 0 Å². The number of carbonyl (C=O) groups is 2. The number of aliphatic hydroxyl groups is 2. The van der Waals surface area contributed by atoms with Gasteiger partial charge in [-0.05, 0) is 51.4 Å². The maximum absolute atomic E-state index is 12.6. The van der Waals surface area contributed by atoms with E-state index in [2.05, 4.69) is 31.3 Å². The van der Waals surface area contributed by atoms with Gasteiger partial charge in [-0.2, -0.15) is 0 Å². The first-order valence-electron chi connectivity index (χ1n) is 36.4. The van der Waals surface area contributed by atoms with Gasteiger partial charge in [0.25, 0.3) is 0 Å². The lowest BCUT2D eigenvalue weighted by atomic mass is 10.0. The van der Waals surface area contributed by atoms with Gasteiger partial charge in [0.2, 0.25) is 5.91 Å². The molecule has 0 bridgehead atoms. The van der Waals surface area contributed by atoms with E-state index in [1.54, 1.807) is 0 Å². The van der Waals surface area contributed by atoms with Crippen LogP contribution >= 0.6 is 0 Å². The van der Waals surface area contributed by atoms with E-state index in [1.807, 2.05) is 0 Å². The molecule has 0 aromatic carbocycles. The monoisotopic (exact) mass is 1110 g/mol. The van der Waals surface area contributed by atoms with Gasteiger partial charge in [-0.1, -0.05) is 366 Å². The summed E-state index contributed by atoms with van der Waals surface area (Å²) in [6.45, 7) is 5.00. The standard InChI is InChI=1S/C73H143NO5/c1-3-5-7-9-11-13-15-16-17-18-19-20-30-33-36-39-42-46-49-53-57-61-65-71(76)70(69-75)74-72(77)66-62-58-54-50-47-43-40-37-34-31-28-26-24-22-21-23-25-27-29-32-35-38-41-44-48-52-56-60-64-68-79-73(78)67-63-59-55-51-45-14-12-10-8-6-4-2/h21,23,70-71,75-76H,3-20,22,24-69H2,1-2H3,(H,74,77)/b23-21-. The first kappa shape index (κ1) is 77.6. The Kier molecular flexibility index (Phi) is 67.9. The molecule has 0 aromatic heterocycles. The molecule has 6 nitrogen and oxygen atoms in total. The van der Waals surface area contributed by atoms with Crippen LogP contribution in [0, 0.1) is 0 Å². The summed E-state index contributed by atoms with van der Waals surface area (Å²) in [5.41, 5.74) is 0. The van der Waals surface area contributed by atoms with Crippen molar-refractivity contribution in [1.82, 2.24) is 5.32 Å².